The molecule has 6 heteroatoms. The van der Waals surface area contributed by atoms with E-state index >= 15 is 0 Å². The second kappa shape index (κ2) is 5.32. The van der Waals surface area contributed by atoms with Gasteiger partial charge in [-0.05, 0) is 24.3 Å². The number of rotatable bonds is 2. The standard InChI is InChI=1S/C14H11F3N2O/c1-18-13(20)10-4-2-3-9(7-10)12-6-5-11(8-19-12)14(15,16)17/h2-8H,1H3,(H,18,20). The van der Waals surface area contributed by atoms with Crippen LogP contribution in [0.2, 0.25) is 0 Å². The van der Waals surface area contributed by atoms with Crippen molar-refractivity contribution in [3.05, 3.63) is 53.7 Å². The molecule has 0 spiro atoms. The number of aromatic nitrogens is 1. The van der Waals surface area contributed by atoms with Gasteiger partial charge in [0.15, 0.2) is 0 Å². The maximum Gasteiger partial charge on any atom is 0.417 e. The molecule has 0 saturated heterocycles. The Balaban J connectivity index is 2.35. The summed E-state index contributed by atoms with van der Waals surface area (Å²) >= 11 is 0. The molecule has 0 aliphatic carbocycles. The monoisotopic (exact) mass is 280 g/mol. The third kappa shape index (κ3) is 2.96. The number of halogens is 3. The van der Waals surface area contributed by atoms with Crippen LogP contribution < -0.4 is 5.32 Å². The molecule has 2 rings (SSSR count). The van der Waals surface area contributed by atoms with Gasteiger partial charge in [-0.15, -0.1) is 0 Å². The van der Waals surface area contributed by atoms with E-state index in [4.69, 9.17) is 0 Å². The van der Waals surface area contributed by atoms with Crippen molar-refractivity contribution in [1.82, 2.24) is 10.3 Å². The molecule has 0 saturated carbocycles. The van der Waals surface area contributed by atoms with Gasteiger partial charge in [-0.3, -0.25) is 9.78 Å². The zero-order valence-electron chi connectivity index (χ0n) is 10.5. The fourth-order valence-corrected chi connectivity index (χ4v) is 1.70. The topological polar surface area (TPSA) is 42.0 Å². The van der Waals surface area contributed by atoms with Gasteiger partial charge in [0.1, 0.15) is 0 Å². The van der Waals surface area contributed by atoms with Crippen LogP contribution in [0.3, 0.4) is 0 Å². The van der Waals surface area contributed by atoms with Gasteiger partial charge < -0.3 is 5.32 Å². The summed E-state index contributed by atoms with van der Waals surface area (Å²) in [5, 5.41) is 2.48. The van der Waals surface area contributed by atoms with E-state index in [2.05, 4.69) is 10.3 Å². The molecule has 0 unspecified atom stereocenters. The van der Waals surface area contributed by atoms with Crippen molar-refractivity contribution in [1.29, 1.82) is 0 Å². The van der Waals surface area contributed by atoms with Crippen molar-refractivity contribution >= 4 is 5.91 Å². The molecule has 1 N–H and O–H groups in total. The molecule has 1 aromatic carbocycles. The molecule has 0 fully saturated rings. The van der Waals surface area contributed by atoms with Crippen LogP contribution in [0.25, 0.3) is 11.3 Å². The number of nitrogens with zero attached hydrogens (tertiary/aromatic N) is 1. The first-order valence-electron chi connectivity index (χ1n) is 5.77. The van der Waals surface area contributed by atoms with E-state index in [9.17, 15) is 18.0 Å². The summed E-state index contributed by atoms with van der Waals surface area (Å²) in [5.74, 6) is -0.265. The predicted molar refractivity (Wildman–Crippen MR) is 68.1 cm³/mol. The number of hydrogen-bond donors (Lipinski definition) is 1. The van der Waals surface area contributed by atoms with Crippen LogP contribution in [0.5, 0.6) is 0 Å². The van der Waals surface area contributed by atoms with E-state index in [1.54, 1.807) is 24.3 Å². The highest BCUT2D eigenvalue weighted by Crippen LogP contribution is 2.29. The molecule has 1 heterocycles. The molecular weight excluding hydrogens is 269 g/mol. The minimum Gasteiger partial charge on any atom is -0.355 e. The average Bonchev–Trinajstić information content (AvgIpc) is 2.46. The summed E-state index contributed by atoms with van der Waals surface area (Å²) in [6.07, 6.45) is -3.63. The lowest BCUT2D eigenvalue weighted by Gasteiger charge is -2.07. The van der Waals surface area contributed by atoms with Crippen LogP contribution in [0.15, 0.2) is 42.6 Å². The van der Waals surface area contributed by atoms with E-state index in [1.165, 1.54) is 13.1 Å². The number of amides is 1. The minimum absolute atomic E-state index is 0.265. The van der Waals surface area contributed by atoms with Gasteiger partial charge in [0, 0.05) is 24.4 Å². The molecule has 0 radical (unpaired) electrons. The molecule has 0 aliphatic heterocycles. The lowest BCUT2D eigenvalue weighted by atomic mass is 10.1. The third-order valence-corrected chi connectivity index (χ3v) is 2.74. The largest absolute Gasteiger partial charge is 0.417 e. The van der Waals surface area contributed by atoms with Crippen LogP contribution in [-0.4, -0.2) is 17.9 Å². The number of carbonyl (C=O) groups is 1. The fraction of sp³-hybridized carbons (Fsp3) is 0.143. The highest BCUT2D eigenvalue weighted by atomic mass is 19.4. The van der Waals surface area contributed by atoms with Crippen LogP contribution in [-0.2, 0) is 6.18 Å². The maximum absolute atomic E-state index is 12.4. The summed E-state index contributed by atoms with van der Waals surface area (Å²) < 4.78 is 37.3. The lowest BCUT2D eigenvalue weighted by Crippen LogP contribution is -2.17. The van der Waals surface area contributed by atoms with E-state index in [-0.39, 0.29) is 5.91 Å². The molecular formula is C14H11F3N2O. The Kier molecular flexibility index (Phi) is 3.74. The van der Waals surface area contributed by atoms with E-state index < -0.39 is 11.7 Å². The SMILES string of the molecule is CNC(=O)c1cccc(-c2ccc(C(F)(F)F)cn2)c1. The van der Waals surface area contributed by atoms with Gasteiger partial charge in [-0.25, -0.2) is 0 Å². The first-order valence-corrected chi connectivity index (χ1v) is 5.77. The average molecular weight is 280 g/mol. The summed E-state index contributed by atoms with van der Waals surface area (Å²) in [6.45, 7) is 0. The number of hydrogen-bond acceptors (Lipinski definition) is 2. The predicted octanol–water partition coefficient (Wildman–Crippen LogP) is 3.13. The minimum atomic E-state index is -4.41. The third-order valence-electron chi connectivity index (χ3n) is 2.74. The smallest absolute Gasteiger partial charge is 0.355 e. The second-order valence-corrected chi connectivity index (χ2v) is 4.09. The number of pyridine rings is 1. The van der Waals surface area contributed by atoms with Crippen molar-refractivity contribution < 1.29 is 18.0 Å². The number of benzene rings is 1. The van der Waals surface area contributed by atoms with Crippen LogP contribution >= 0.6 is 0 Å². The molecule has 1 amide bonds. The van der Waals surface area contributed by atoms with Crippen LogP contribution in [0.4, 0.5) is 13.2 Å². The van der Waals surface area contributed by atoms with Gasteiger partial charge in [-0.1, -0.05) is 12.1 Å². The van der Waals surface area contributed by atoms with Crippen molar-refractivity contribution in [2.75, 3.05) is 7.05 Å². The zero-order valence-corrected chi connectivity index (χ0v) is 10.5. The Labute approximate surface area is 113 Å². The summed E-state index contributed by atoms with van der Waals surface area (Å²) in [5.41, 5.74) is 0.582. The molecule has 2 aromatic rings. The van der Waals surface area contributed by atoms with Gasteiger partial charge in [-0.2, -0.15) is 13.2 Å². The maximum atomic E-state index is 12.4. The van der Waals surface area contributed by atoms with E-state index in [0.717, 1.165) is 12.3 Å². The Bertz CT molecular complexity index is 621. The van der Waals surface area contributed by atoms with E-state index in [1.807, 2.05) is 0 Å². The van der Waals surface area contributed by atoms with Crippen molar-refractivity contribution in [3.63, 3.8) is 0 Å². The quantitative estimate of drug-likeness (QED) is 0.918. The summed E-state index contributed by atoms with van der Waals surface area (Å²) in [6, 6.07) is 8.78. The van der Waals surface area contributed by atoms with Crippen molar-refractivity contribution in [2.24, 2.45) is 0 Å². The molecule has 104 valence electrons. The normalized spacial score (nSPS) is 11.2. The second-order valence-electron chi connectivity index (χ2n) is 4.09. The molecule has 0 aliphatic rings. The Morgan fingerprint density at radius 2 is 1.95 bits per heavy atom. The number of alkyl halides is 3. The lowest BCUT2D eigenvalue weighted by molar-refractivity contribution is -0.137. The zero-order chi connectivity index (χ0) is 14.8. The highest BCUT2D eigenvalue weighted by molar-refractivity contribution is 5.95. The molecule has 3 nitrogen and oxygen atoms in total. The summed E-state index contributed by atoms with van der Waals surface area (Å²) in [4.78, 5) is 15.3. The molecule has 20 heavy (non-hydrogen) atoms. The Morgan fingerprint density at radius 1 is 1.20 bits per heavy atom. The highest BCUT2D eigenvalue weighted by Gasteiger charge is 2.30. The van der Waals surface area contributed by atoms with E-state index in [0.29, 0.717) is 16.8 Å². The number of nitrogens with one attached hydrogen (secondary N) is 1. The molecule has 0 atom stereocenters. The van der Waals surface area contributed by atoms with Gasteiger partial charge in [0.2, 0.25) is 0 Å². The fourth-order valence-electron chi connectivity index (χ4n) is 1.70. The first kappa shape index (κ1) is 14.0. The first-order chi connectivity index (χ1) is 9.41. The van der Waals surface area contributed by atoms with Crippen LogP contribution in [0, 0.1) is 0 Å². The molecule has 1 aromatic heterocycles. The Morgan fingerprint density at radius 3 is 2.50 bits per heavy atom. The number of carbonyl (C=O) groups excluding carboxylic acids is 1. The Hall–Kier alpha value is -2.37. The summed E-state index contributed by atoms with van der Waals surface area (Å²) in [7, 11) is 1.51. The van der Waals surface area contributed by atoms with Gasteiger partial charge in [0.25, 0.3) is 5.91 Å². The van der Waals surface area contributed by atoms with Crippen LogP contribution in [0.1, 0.15) is 15.9 Å². The molecule has 0 bridgehead atoms. The van der Waals surface area contributed by atoms with Gasteiger partial charge in [0.05, 0.1) is 11.3 Å². The van der Waals surface area contributed by atoms with Gasteiger partial charge >= 0.3 is 6.18 Å². The van der Waals surface area contributed by atoms with Crippen molar-refractivity contribution in [3.8, 4) is 11.3 Å². The van der Waals surface area contributed by atoms with Crippen molar-refractivity contribution in [2.45, 2.75) is 6.18 Å².